The lowest BCUT2D eigenvalue weighted by atomic mass is 9.97. The molecule has 0 heterocycles. The quantitative estimate of drug-likeness (QED) is 0.867. The molecule has 0 saturated carbocycles. The highest BCUT2D eigenvalue weighted by Gasteiger charge is 2.19. The maximum absolute atomic E-state index is 14.2. The highest BCUT2D eigenvalue weighted by molar-refractivity contribution is 6.30. The maximum Gasteiger partial charge on any atom is 0.146 e. The molecule has 4 heteroatoms. The van der Waals surface area contributed by atoms with Crippen molar-refractivity contribution in [2.45, 2.75) is 19.9 Å². The van der Waals surface area contributed by atoms with Gasteiger partial charge in [0.15, 0.2) is 0 Å². The molecule has 0 aromatic heterocycles. The van der Waals surface area contributed by atoms with E-state index in [-0.39, 0.29) is 10.8 Å². The van der Waals surface area contributed by atoms with Crippen molar-refractivity contribution in [1.82, 2.24) is 5.32 Å². The fraction of sp³-hybridized carbons (Fsp3) is 0.250. The molecule has 0 saturated heterocycles. The highest BCUT2D eigenvalue weighted by atomic mass is 35.5. The van der Waals surface area contributed by atoms with Crippen molar-refractivity contribution >= 4 is 11.6 Å². The molecule has 0 radical (unpaired) electrons. The van der Waals surface area contributed by atoms with Crippen LogP contribution in [0.2, 0.25) is 5.02 Å². The first-order chi connectivity index (χ1) is 9.54. The van der Waals surface area contributed by atoms with Crippen LogP contribution in [0.5, 0.6) is 0 Å². The molecule has 106 valence electrons. The van der Waals surface area contributed by atoms with E-state index in [0.29, 0.717) is 23.2 Å². The molecular formula is C16H16ClF2N. The second-order valence-electron chi connectivity index (χ2n) is 4.64. The van der Waals surface area contributed by atoms with Crippen molar-refractivity contribution in [3.8, 4) is 0 Å². The van der Waals surface area contributed by atoms with E-state index in [0.717, 1.165) is 0 Å². The molecule has 0 bridgehead atoms. The van der Waals surface area contributed by atoms with Gasteiger partial charge < -0.3 is 5.32 Å². The number of aryl methyl sites for hydroxylation is 1. The summed E-state index contributed by atoms with van der Waals surface area (Å²) in [6.45, 7) is 4.24. The van der Waals surface area contributed by atoms with Crippen LogP contribution in [0.25, 0.3) is 0 Å². The Balaban J connectivity index is 2.50. The first-order valence-electron chi connectivity index (χ1n) is 6.48. The van der Waals surface area contributed by atoms with E-state index in [9.17, 15) is 8.78 Å². The first kappa shape index (κ1) is 14.9. The van der Waals surface area contributed by atoms with E-state index in [4.69, 9.17) is 11.6 Å². The van der Waals surface area contributed by atoms with Crippen LogP contribution in [0.4, 0.5) is 8.78 Å². The standard InChI is InChI=1S/C16H16ClF2N/c1-3-20-16(11-8-7-10(2)14(18)9-11)12-5-4-6-13(17)15(12)19/h4-9,16,20H,3H2,1-2H3. The zero-order valence-electron chi connectivity index (χ0n) is 11.4. The third-order valence-corrected chi connectivity index (χ3v) is 3.52. The molecule has 0 spiro atoms. The Morgan fingerprint density at radius 1 is 1.20 bits per heavy atom. The molecule has 0 aliphatic rings. The van der Waals surface area contributed by atoms with Gasteiger partial charge in [-0.25, -0.2) is 8.78 Å². The summed E-state index contributed by atoms with van der Waals surface area (Å²) >= 11 is 5.83. The fourth-order valence-corrected chi connectivity index (χ4v) is 2.33. The molecule has 1 atom stereocenters. The second kappa shape index (κ2) is 6.33. The number of hydrogen-bond acceptors (Lipinski definition) is 1. The lowest BCUT2D eigenvalue weighted by Crippen LogP contribution is -2.23. The smallest absolute Gasteiger partial charge is 0.146 e. The fourth-order valence-electron chi connectivity index (χ4n) is 2.14. The van der Waals surface area contributed by atoms with Gasteiger partial charge in [-0.3, -0.25) is 0 Å². The molecule has 2 aromatic carbocycles. The molecule has 0 fully saturated rings. The van der Waals surface area contributed by atoms with Crippen LogP contribution in [-0.2, 0) is 0 Å². The lowest BCUT2D eigenvalue weighted by Gasteiger charge is -2.20. The Morgan fingerprint density at radius 3 is 2.60 bits per heavy atom. The predicted octanol–water partition coefficient (Wildman–Crippen LogP) is 4.63. The number of rotatable bonds is 4. The minimum absolute atomic E-state index is 0.0676. The third-order valence-electron chi connectivity index (χ3n) is 3.23. The lowest BCUT2D eigenvalue weighted by molar-refractivity contribution is 0.554. The summed E-state index contributed by atoms with van der Waals surface area (Å²) in [5, 5.41) is 3.23. The summed E-state index contributed by atoms with van der Waals surface area (Å²) in [6, 6.07) is 9.35. The molecular weight excluding hydrogens is 280 g/mol. The Bertz CT molecular complexity index is 613. The average Bonchev–Trinajstić information content (AvgIpc) is 2.43. The summed E-state index contributed by atoms with van der Waals surface area (Å²) < 4.78 is 27.9. The number of halogens is 3. The molecule has 20 heavy (non-hydrogen) atoms. The SMILES string of the molecule is CCNC(c1ccc(C)c(F)c1)c1cccc(Cl)c1F. The van der Waals surface area contributed by atoms with Gasteiger partial charge in [-0.2, -0.15) is 0 Å². The van der Waals surface area contributed by atoms with E-state index >= 15 is 0 Å². The van der Waals surface area contributed by atoms with Crippen LogP contribution in [0.3, 0.4) is 0 Å². The van der Waals surface area contributed by atoms with Crippen molar-refractivity contribution in [3.63, 3.8) is 0 Å². The summed E-state index contributed by atoms with van der Waals surface area (Å²) in [7, 11) is 0. The predicted molar refractivity (Wildman–Crippen MR) is 78.1 cm³/mol. The van der Waals surface area contributed by atoms with E-state index in [1.807, 2.05) is 6.92 Å². The Hall–Kier alpha value is -1.45. The summed E-state index contributed by atoms with van der Waals surface area (Å²) in [5.74, 6) is -0.770. The van der Waals surface area contributed by atoms with Crippen molar-refractivity contribution in [1.29, 1.82) is 0 Å². The molecule has 1 N–H and O–H groups in total. The van der Waals surface area contributed by atoms with Crippen molar-refractivity contribution in [3.05, 3.63) is 69.7 Å². The number of nitrogens with one attached hydrogen (secondary N) is 1. The Kier molecular flexibility index (Phi) is 4.73. The van der Waals surface area contributed by atoms with Crippen molar-refractivity contribution in [2.24, 2.45) is 0 Å². The van der Waals surface area contributed by atoms with Gasteiger partial charge in [-0.15, -0.1) is 0 Å². The highest BCUT2D eigenvalue weighted by Crippen LogP contribution is 2.29. The van der Waals surface area contributed by atoms with Gasteiger partial charge in [0.05, 0.1) is 11.1 Å². The Labute approximate surface area is 122 Å². The van der Waals surface area contributed by atoms with E-state index in [2.05, 4.69) is 5.32 Å². The number of hydrogen-bond donors (Lipinski definition) is 1. The zero-order valence-corrected chi connectivity index (χ0v) is 12.1. The van der Waals surface area contributed by atoms with Gasteiger partial charge in [-0.1, -0.05) is 42.8 Å². The normalized spacial score (nSPS) is 12.4. The van der Waals surface area contributed by atoms with Crippen LogP contribution < -0.4 is 5.32 Å². The van der Waals surface area contributed by atoms with Crippen LogP contribution in [0.15, 0.2) is 36.4 Å². The average molecular weight is 296 g/mol. The first-order valence-corrected chi connectivity index (χ1v) is 6.85. The van der Waals surface area contributed by atoms with Crippen LogP contribution >= 0.6 is 11.6 Å². The molecule has 2 rings (SSSR count). The zero-order chi connectivity index (χ0) is 14.7. The van der Waals surface area contributed by atoms with Gasteiger partial charge >= 0.3 is 0 Å². The monoisotopic (exact) mass is 295 g/mol. The topological polar surface area (TPSA) is 12.0 Å². The molecule has 0 aliphatic heterocycles. The second-order valence-corrected chi connectivity index (χ2v) is 5.05. The van der Waals surface area contributed by atoms with Crippen LogP contribution in [-0.4, -0.2) is 6.54 Å². The Morgan fingerprint density at radius 2 is 1.95 bits per heavy atom. The summed E-state index contributed by atoms with van der Waals surface area (Å²) in [6.07, 6.45) is 0. The van der Waals surface area contributed by atoms with Crippen LogP contribution in [0, 0.1) is 18.6 Å². The maximum atomic E-state index is 14.2. The van der Waals surface area contributed by atoms with Crippen molar-refractivity contribution < 1.29 is 8.78 Å². The van der Waals surface area contributed by atoms with Gasteiger partial charge in [0.1, 0.15) is 11.6 Å². The molecule has 1 nitrogen and oxygen atoms in total. The van der Waals surface area contributed by atoms with Gasteiger partial charge in [-0.05, 0) is 36.7 Å². The van der Waals surface area contributed by atoms with Crippen molar-refractivity contribution in [2.75, 3.05) is 6.54 Å². The largest absolute Gasteiger partial charge is 0.306 e. The minimum Gasteiger partial charge on any atom is -0.306 e. The summed E-state index contributed by atoms with van der Waals surface area (Å²) in [5.41, 5.74) is 1.66. The third kappa shape index (κ3) is 3.00. The molecule has 0 aliphatic carbocycles. The van der Waals surface area contributed by atoms with Gasteiger partial charge in [0.25, 0.3) is 0 Å². The number of benzene rings is 2. The van der Waals surface area contributed by atoms with E-state index in [1.54, 1.807) is 31.2 Å². The van der Waals surface area contributed by atoms with E-state index < -0.39 is 11.9 Å². The van der Waals surface area contributed by atoms with Gasteiger partial charge in [0.2, 0.25) is 0 Å². The van der Waals surface area contributed by atoms with E-state index in [1.165, 1.54) is 12.1 Å². The van der Waals surface area contributed by atoms with Gasteiger partial charge in [0, 0.05) is 5.56 Å². The molecule has 1 unspecified atom stereocenters. The molecule has 0 amide bonds. The van der Waals surface area contributed by atoms with Crippen LogP contribution in [0.1, 0.15) is 29.7 Å². The molecule has 2 aromatic rings. The summed E-state index contributed by atoms with van der Waals surface area (Å²) in [4.78, 5) is 0. The minimum atomic E-state index is -0.471.